The van der Waals surface area contributed by atoms with Gasteiger partial charge in [-0.1, -0.05) is 6.08 Å². The SMILES string of the molecule is COC1=CC(C2CCNCC2)CC=C1N. The molecule has 3 nitrogen and oxygen atoms in total. The number of hydrogen-bond donors (Lipinski definition) is 2. The Bertz CT molecular complexity index is 277. The van der Waals surface area contributed by atoms with E-state index in [1.54, 1.807) is 7.11 Å². The Labute approximate surface area is 91.4 Å². The molecular formula is C12H20N2O. The Morgan fingerprint density at radius 1 is 1.40 bits per heavy atom. The monoisotopic (exact) mass is 208 g/mol. The zero-order valence-corrected chi connectivity index (χ0v) is 9.33. The van der Waals surface area contributed by atoms with Crippen molar-refractivity contribution in [2.24, 2.45) is 17.6 Å². The molecule has 0 aromatic rings. The van der Waals surface area contributed by atoms with E-state index in [0.717, 1.165) is 36.9 Å². The van der Waals surface area contributed by atoms with Gasteiger partial charge in [0.05, 0.1) is 12.8 Å². The number of hydrogen-bond acceptors (Lipinski definition) is 3. The Balaban J connectivity index is 2.02. The van der Waals surface area contributed by atoms with Crippen LogP contribution in [-0.4, -0.2) is 20.2 Å². The van der Waals surface area contributed by atoms with E-state index in [4.69, 9.17) is 10.5 Å². The summed E-state index contributed by atoms with van der Waals surface area (Å²) in [4.78, 5) is 0. The zero-order valence-electron chi connectivity index (χ0n) is 9.33. The van der Waals surface area contributed by atoms with Gasteiger partial charge < -0.3 is 15.8 Å². The van der Waals surface area contributed by atoms with Gasteiger partial charge in [-0.3, -0.25) is 0 Å². The molecule has 84 valence electrons. The van der Waals surface area contributed by atoms with Gasteiger partial charge in [0.15, 0.2) is 0 Å². The van der Waals surface area contributed by atoms with Crippen molar-refractivity contribution in [3.05, 3.63) is 23.6 Å². The molecule has 1 aliphatic carbocycles. The van der Waals surface area contributed by atoms with Gasteiger partial charge in [0.25, 0.3) is 0 Å². The number of nitrogens with one attached hydrogen (secondary N) is 1. The summed E-state index contributed by atoms with van der Waals surface area (Å²) in [6.45, 7) is 2.30. The van der Waals surface area contributed by atoms with Gasteiger partial charge in [0.2, 0.25) is 0 Å². The smallest absolute Gasteiger partial charge is 0.137 e. The first kappa shape index (κ1) is 10.6. The second kappa shape index (κ2) is 4.71. The minimum atomic E-state index is 0.620. The summed E-state index contributed by atoms with van der Waals surface area (Å²) in [5.74, 6) is 2.28. The van der Waals surface area contributed by atoms with Crippen LogP contribution in [0, 0.1) is 11.8 Å². The molecule has 1 atom stereocenters. The van der Waals surface area contributed by atoms with Crippen molar-refractivity contribution in [1.82, 2.24) is 5.32 Å². The van der Waals surface area contributed by atoms with Crippen LogP contribution in [0.15, 0.2) is 23.6 Å². The molecule has 0 radical (unpaired) electrons. The average Bonchev–Trinajstić information content (AvgIpc) is 2.31. The first-order valence-electron chi connectivity index (χ1n) is 5.74. The maximum absolute atomic E-state index is 5.84. The second-order valence-corrected chi connectivity index (χ2v) is 4.38. The van der Waals surface area contributed by atoms with Crippen molar-refractivity contribution in [2.75, 3.05) is 20.2 Å². The molecule has 2 rings (SSSR count). The van der Waals surface area contributed by atoms with E-state index in [-0.39, 0.29) is 0 Å². The lowest BCUT2D eigenvalue weighted by molar-refractivity contribution is 0.263. The lowest BCUT2D eigenvalue weighted by Crippen LogP contribution is -2.32. The van der Waals surface area contributed by atoms with Crippen LogP contribution in [0.3, 0.4) is 0 Å². The van der Waals surface area contributed by atoms with E-state index in [0.29, 0.717) is 5.92 Å². The fraction of sp³-hybridized carbons (Fsp3) is 0.667. The molecule has 3 N–H and O–H groups in total. The van der Waals surface area contributed by atoms with Crippen molar-refractivity contribution in [1.29, 1.82) is 0 Å². The third kappa shape index (κ3) is 2.34. The summed E-state index contributed by atoms with van der Waals surface area (Å²) in [5.41, 5.74) is 6.63. The molecular weight excluding hydrogens is 188 g/mol. The van der Waals surface area contributed by atoms with Crippen LogP contribution < -0.4 is 11.1 Å². The molecule has 0 aromatic carbocycles. The van der Waals surface area contributed by atoms with E-state index in [2.05, 4.69) is 17.5 Å². The minimum absolute atomic E-state index is 0.620. The summed E-state index contributed by atoms with van der Waals surface area (Å²) in [5, 5.41) is 3.40. The normalized spacial score (nSPS) is 28.2. The molecule has 15 heavy (non-hydrogen) atoms. The van der Waals surface area contributed by atoms with Gasteiger partial charge in [-0.05, 0) is 50.3 Å². The Kier molecular flexibility index (Phi) is 3.31. The van der Waals surface area contributed by atoms with Crippen molar-refractivity contribution in [3.63, 3.8) is 0 Å². The Morgan fingerprint density at radius 3 is 2.80 bits per heavy atom. The predicted molar refractivity (Wildman–Crippen MR) is 61.1 cm³/mol. The maximum atomic E-state index is 5.84. The summed E-state index contributed by atoms with van der Waals surface area (Å²) in [7, 11) is 1.69. The minimum Gasteiger partial charge on any atom is -0.495 e. The summed E-state index contributed by atoms with van der Waals surface area (Å²) in [6.07, 6.45) is 7.93. The van der Waals surface area contributed by atoms with Crippen LogP contribution in [-0.2, 0) is 4.74 Å². The molecule has 2 aliphatic rings. The number of piperidine rings is 1. The van der Waals surface area contributed by atoms with E-state index in [1.807, 2.05) is 0 Å². The summed E-state index contributed by atoms with van der Waals surface area (Å²) < 4.78 is 5.28. The van der Waals surface area contributed by atoms with Crippen molar-refractivity contribution >= 4 is 0 Å². The highest BCUT2D eigenvalue weighted by molar-refractivity contribution is 5.27. The summed E-state index contributed by atoms with van der Waals surface area (Å²) >= 11 is 0. The molecule has 1 unspecified atom stereocenters. The quantitative estimate of drug-likeness (QED) is 0.720. The third-order valence-electron chi connectivity index (χ3n) is 3.47. The van der Waals surface area contributed by atoms with Crippen LogP contribution in [0.5, 0.6) is 0 Å². The number of ether oxygens (including phenoxy) is 1. The van der Waals surface area contributed by atoms with Crippen LogP contribution in [0.25, 0.3) is 0 Å². The van der Waals surface area contributed by atoms with Gasteiger partial charge in [-0.2, -0.15) is 0 Å². The maximum Gasteiger partial charge on any atom is 0.137 e. The molecule has 0 bridgehead atoms. The van der Waals surface area contributed by atoms with E-state index >= 15 is 0 Å². The zero-order chi connectivity index (χ0) is 10.7. The highest BCUT2D eigenvalue weighted by Crippen LogP contribution is 2.31. The predicted octanol–water partition coefficient (Wildman–Crippen LogP) is 1.38. The first-order valence-corrected chi connectivity index (χ1v) is 5.74. The lowest BCUT2D eigenvalue weighted by atomic mass is 9.80. The van der Waals surface area contributed by atoms with Crippen LogP contribution in [0.2, 0.25) is 0 Å². The number of allylic oxidation sites excluding steroid dienone is 2. The fourth-order valence-electron chi connectivity index (χ4n) is 2.51. The number of rotatable bonds is 2. The molecule has 1 aliphatic heterocycles. The lowest BCUT2D eigenvalue weighted by Gasteiger charge is -2.30. The molecule has 0 amide bonds. The summed E-state index contributed by atoms with van der Waals surface area (Å²) in [6, 6.07) is 0. The van der Waals surface area contributed by atoms with Gasteiger partial charge >= 0.3 is 0 Å². The Hall–Kier alpha value is -0.960. The number of methoxy groups -OCH3 is 1. The third-order valence-corrected chi connectivity index (χ3v) is 3.47. The molecule has 0 saturated carbocycles. The first-order chi connectivity index (χ1) is 7.31. The Morgan fingerprint density at radius 2 is 2.13 bits per heavy atom. The van der Waals surface area contributed by atoms with Crippen molar-refractivity contribution in [3.8, 4) is 0 Å². The molecule has 1 heterocycles. The van der Waals surface area contributed by atoms with Gasteiger partial charge in [-0.25, -0.2) is 0 Å². The van der Waals surface area contributed by atoms with Gasteiger partial charge in [0, 0.05) is 0 Å². The fourth-order valence-corrected chi connectivity index (χ4v) is 2.51. The van der Waals surface area contributed by atoms with E-state index in [9.17, 15) is 0 Å². The van der Waals surface area contributed by atoms with E-state index < -0.39 is 0 Å². The topological polar surface area (TPSA) is 47.3 Å². The van der Waals surface area contributed by atoms with Crippen LogP contribution in [0.1, 0.15) is 19.3 Å². The average molecular weight is 208 g/mol. The standard InChI is InChI=1S/C12H20N2O/c1-15-12-8-10(2-3-11(12)13)9-4-6-14-7-5-9/h3,8-10,14H,2,4-7,13H2,1H3. The second-order valence-electron chi connectivity index (χ2n) is 4.38. The van der Waals surface area contributed by atoms with Crippen LogP contribution >= 0.6 is 0 Å². The highest BCUT2D eigenvalue weighted by Gasteiger charge is 2.24. The highest BCUT2D eigenvalue weighted by atomic mass is 16.5. The molecule has 3 heteroatoms. The molecule has 1 saturated heterocycles. The largest absolute Gasteiger partial charge is 0.495 e. The molecule has 0 aromatic heterocycles. The van der Waals surface area contributed by atoms with Crippen LogP contribution in [0.4, 0.5) is 0 Å². The molecule has 1 fully saturated rings. The van der Waals surface area contributed by atoms with Crippen molar-refractivity contribution in [2.45, 2.75) is 19.3 Å². The van der Waals surface area contributed by atoms with E-state index in [1.165, 1.54) is 12.8 Å². The van der Waals surface area contributed by atoms with Gasteiger partial charge in [-0.15, -0.1) is 0 Å². The molecule has 0 spiro atoms. The van der Waals surface area contributed by atoms with Gasteiger partial charge in [0.1, 0.15) is 5.76 Å². The number of nitrogens with two attached hydrogens (primary N) is 1. The van der Waals surface area contributed by atoms with Crippen molar-refractivity contribution < 1.29 is 4.74 Å².